The summed E-state index contributed by atoms with van der Waals surface area (Å²) in [6.45, 7) is 4.15. The standard InChI is InChI=1S/C11H17NO/c1-4-11(12)10-6-5-9(13-3)7-8(10)2/h5-7,11H,4,12H2,1-3H3/t11-/m1/s1. The number of methoxy groups -OCH3 is 1. The monoisotopic (exact) mass is 179 g/mol. The minimum Gasteiger partial charge on any atom is -0.497 e. The average molecular weight is 179 g/mol. The smallest absolute Gasteiger partial charge is 0.119 e. The fraction of sp³-hybridized carbons (Fsp3) is 0.455. The van der Waals surface area contributed by atoms with Gasteiger partial charge >= 0.3 is 0 Å². The molecular formula is C11H17NO. The molecule has 0 unspecified atom stereocenters. The zero-order valence-corrected chi connectivity index (χ0v) is 8.50. The zero-order chi connectivity index (χ0) is 9.84. The Hall–Kier alpha value is -1.02. The van der Waals surface area contributed by atoms with Crippen molar-refractivity contribution in [1.29, 1.82) is 0 Å². The molecule has 1 rings (SSSR count). The Balaban J connectivity index is 2.98. The van der Waals surface area contributed by atoms with E-state index in [1.54, 1.807) is 7.11 Å². The molecule has 1 atom stereocenters. The van der Waals surface area contributed by atoms with Crippen LogP contribution in [0.4, 0.5) is 0 Å². The molecule has 0 radical (unpaired) electrons. The molecule has 0 aliphatic rings. The molecule has 0 aliphatic heterocycles. The molecule has 0 spiro atoms. The maximum Gasteiger partial charge on any atom is 0.119 e. The number of rotatable bonds is 3. The van der Waals surface area contributed by atoms with Gasteiger partial charge in [-0.1, -0.05) is 13.0 Å². The van der Waals surface area contributed by atoms with E-state index < -0.39 is 0 Å². The van der Waals surface area contributed by atoms with Gasteiger partial charge < -0.3 is 10.5 Å². The molecule has 0 amide bonds. The van der Waals surface area contributed by atoms with Gasteiger partial charge in [-0.2, -0.15) is 0 Å². The molecule has 13 heavy (non-hydrogen) atoms. The molecule has 0 aromatic heterocycles. The summed E-state index contributed by atoms with van der Waals surface area (Å²) in [5, 5.41) is 0. The predicted molar refractivity (Wildman–Crippen MR) is 55.0 cm³/mol. The SMILES string of the molecule is CC[C@@H](N)c1ccc(OC)cc1C. The van der Waals surface area contributed by atoms with Crippen LogP contribution in [0.2, 0.25) is 0 Å². The summed E-state index contributed by atoms with van der Waals surface area (Å²) in [4.78, 5) is 0. The van der Waals surface area contributed by atoms with Crippen LogP contribution in [0, 0.1) is 6.92 Å². The Kier molecular flexibility index (Phi) is 3.32. The Bertz CT molecular complexity index is 283. The maximum atomic E-state index is 5.95. The van der Waals surface area contributed by atoms with Crippen LogP contribution in [-0.4, -0.2) is 7.11 Å². The molecule has 0 saturated heterocycles. The molecule has 0 saturated carbocycles. The van der Waals surface area contributed by atoms with Crippen LogP contribution >= 0.6 is 0 Å². The molecule has 2 heteroatoms. The summed E-state index contributed by atoms with van der Waals surface area (Å²) in [5.74, 6) is 0.893. The first-order valence-corrected chi connectivity index (χ1v) is 4.59. The lowest BCUT2D eigenvalue weighted by atomic mass is 10.00. The second kappa shape index (κ2) is 4.28. The zero-order valence-electron chi connectivity index (χ0n) is 8.50. The lowest BCUT2D eigenvalue weighted by molar-refractivity contribution is 0.414. The summed E-state index contributed by atoms with van der Waals surface area (Å²) in [6, 6.07) is 6.16. The van der Waals surface area contributed by atoms with Crippen LogP contribution in [0.1, 0.15) is 30.5 Å². The largest absolute Gasteiger partial charge is 0.497 e. The average Bonchev–Trinajstić information content (AvgIpc) is 2.16. The minimum atomic E-state index is 0.144. The molecule has 0 bridgehead atoms. The van der Waals surface area contributed by atoms with Crippen molar-refractivity contribution >= 4 is 0 Å². The topological polar surface area (TPSA) is 35.2 Å². The van der Waals surface area contributed by atoms with Gasteiger partial charge in [0, 0.05) is 6.04 Å². The Labute approximate surface area is 79.7 Å². The van der Waals surface area contributed by atoms with Gasteiger partial charge in [0.15, 0.2) is 0 Å². The lowest BCUT2D eigenvalue weighted by Gasteiger charge is -2.13. The van der Waals surface area contributed by atoms with Crippen LogP contribution < -0.4 is 10.5 Å². The fourth-order valence-corrected chi connectivity index (χ4v) is 1.41. The van der Waals surface area contributed by atoms with Crippen LogP contribution in [0.25, 0.3) is 0 Å². The van der Waals surface area contributed by atoms with Crippen LogP contribution in [0.3, 0.4) is 0 Å². The van der Waals surface area contributed by atoms with E-state index in [0.29, 0.717) is 0 Å². The lowest BCUT2D eigenvalue weighted by Crippen LogP contribution is -2.10. The van der Waals surface area contributed by atoms with Crippen LogP contribution in [-0.2, 0) is 0 Å². The van der Waals surface area contributed by atoms with Crippen molar-refractivity contribution in [2.24, 2.45) is 5.73 Å². The summed E-state index contributed by atoms with van der Waals surface area (Å²) in [5.41, 5.74) is 8.36. The van der Waals surface area contributed by atoms with Crippen molar-refractivity contribution in [3.63, 3.8) is 0 Å². The molecule has 2 N–H and O–H groups in total. The third-order valence-corrected chi connectivity index (χ3v) is 2.32. The number of benzene rings is 1. The summed E-state index contributed by atoms with van der Waals surface area (Å²) < 4.78 is 5.12. The normalized spacial score (nSPS) is 12.6. The van der Waals surface area contributed by atoms with Crippen molar-refractivity contribution in [2.75, 3.05) is 7.11 Å². The highest BCUT2D eigenvalue weighted by Gasteiger charge is 2.06. The molecule has 72 valence electrons. The highest BCUT2D eigenvalue weighted by Crippen LogP contribution is 2.22. The third-order valence-electron chi connectivity index (χ3n) is 2.32. The van der Waals surface area contributed by atoms with Gasteiger partial charge in [0.05, 0.1) is 7.11 Å². The van der Waals surface area contributed by atoms with Gasteiger partial charge in [-0.3, -0.25) is 0 Å². The second-order valence-electron chi connectivity index (χ2n) is 3.24. The number of hydrogen-bond acceptors (Lipinski definition) is 2. The van der Waals surface area contributed by atoms with Gasteiger partial charge in [0.2, 0.25) is 0 Å². The van der Waals surface area contributed by atoms with Gasteiger partial charge in [-0.05, 0) is 36.6 Å². The third kappa shape index (κ3) is 2.22. The van der Waals surface area contributed by atoms with Crippen molar-refractivity contribution in [3.05, 3.63) is 29.3 Å². The highest BCUT2D eigenvalue weighted by molar-refractivity contribution is 5.36. The van der Waals surface area contributed by atoms with Gasteiger partial charge in [-0.15, -0.1) is 0 Å². The second-order valence-corrected chi connectivity index (χ2v) is 3.24. The van der Waals surface area contributed by atoms with Gasteiger partial charge in [0.25, 0.3) is 0 Å². The molecule has 0 aliphatic carbocycles. The van der Waals surface area contributed by atoms with Crippen molar-refractivity contribution in [2.45, 2.75) is 26.3 Å². The molecular weight excluding hydrogens is 162 g/mol. The summed E-state index contributed by atoms with van der Waals surface area (Å²) in [7, 11) is 1.67. The van der Waals surface area contributed by atoms with Gasteiger partial charge in [-0.25, -0.2) is 0 Å². The van der Waals surface area contributed by atoms with E-state index in [-0.39, 0.29) is 6.04 Å². The Morgan fingerprint density at radius 1 is 1.46 bits per heavy atom. The van der Waals surface area contributed by atoms with E-state index in [1.165, 1.54) is 11.1 Å². The number of ether oxygens (including phenoxy) is 1. The van der Waals surface area contributed by atoms with Gasteiger partial charge in [0.1, 0.15) is 5.75 Å². The number of hydrogen-bond donors (Lipinski definition) is 1. The Morgan fingerprint density at radius 3 is 2.62 bits per heavy atom. The van der Waals surface area contributed by atoms with Crippen molar-refractivity contribution in [3.8, 4) is 5.75 Å². The van der Waals surface area contributed by atoms with E-state index in [1.807, 2.05) is 18.2 Å². The molecule has 2 nitrogen and oxygen atoms in total. The van der Waals surface area contributed by atoms with E-state index in [2.05, 4.69) is 13.8 Å². The maximum absolute atomic E-state index is 5.95. The quantitative estimate of drug-likeness (QED) is 0.773. The predicted octanol–water partition coefficient (Wildman–Crippen LogP) is 2.41. The van der Waals surface area contributed by atoms with E-state index in [9.17, 15) is 0 Å². The van der Waals surface area contributed by atoms with Crippen molar-refractivity contribution < 1.29 is 4.74 Å². The Morgan fingerprint density at radius 2 is 2.15 bits per heavy atom. The minimum absolute atomic E-state index is 0.144. The van der Waals surface area contributed by atoms with E-state index >= 15 is 0 Å². The number of aryl methyl sites for hydroxylation is 1. The molecule has 0 heterocycles. The molecule has 1 aromatic rings. The van der Waals surface area contributed by atoms with Crippen LogP contribution in [0.15, 0.2) is 18.2 Å². The summed E-state index contributed by atoms with van der Waals surface area (Å²) in [6.07, 6.45) is 0.965. The first-order chi connectivity index (χ1) is 6.19. The first-order valence-electron chi connectivity index (χ1n) is 4.59. The first kappa shape index (κ1) is 10.1. The summed E-state index contributed by atoms with van der Waals surface area (Å²) >= 11 is 0. The fourth-order valence-electron chi connectivity index (χ4n) is 1.41. The molecule has 1 aromatic carbocycles. The van der Waals surface area contributed by atoms with E-state index in [0.717, 1.165) is 12.2 Å². The van der Waals surface area contributed by atoms with Crippen LogP contribution in [0.5, 0.6) is 5.75 Å². The van der Waals surface area contributed by atoms with E-state index in [4.69, 9.17) is 10.5 Å². The van der Waals surface area contributed by atoms with Crippen molar-refractivity contribution in [1.82, 2.24) is 0 Å². The molecule has 0 fully saturated rings. The number of nitrogens with two attached hydrogens (primary N) is 1. The highest BCUT2D eigenvalue weighted by atomic mass is 16.5.